The lowest BCUT2D eigenvalue weighted by Gasteiger charge is -2.09. The van der Waals surface area contributed by atoms with E-state index >= 15 is 0 Å². The van der Waals surface area contributed by atoms with E-state index in [1.165, 1.54) is 0 Å². The molecular formula is C11H17NO2S. The van der Waals surface area contributed by atoms with Crippen LogP contribution >= 0.6 is 11.8 Å². The van der Waals surface area contributed by atoms with Crippen molar-refractivity contribution in [2.45, 2.75) is 24.5 Å². The maximum absolute atomic E-state index is 9.22. The van der Waals surface area contributed by atoms with Gasteiger partial charge < -0.3 is 15.9 Å². The molecule has 0 bridgehead atoms. The maximum atomic E-state index is 9.22. The number of hydrogen-bond acceptors (Lipinski definition) is 4. The number of aliphatic hydroxyl groups excluding tert-OH is 2. The van der Waals surface area contributed by atoms with E-state index < -0.39 is 6.10 Å². The first-order valence-electron chi connectivity index (χ1n) is 4.88. The molecule has 4 heteroatoms. The Morgan fingerprint density at radius 2 is 2.20 bits per heavy atom. The Morgan fingerprint density at radius 1 is 1.47 bits per heavy atom. The largest absolute Gasteiger partial charge is 0.394 e. The van der Waals surface area contributed by atoms with Gasteiger partial charge in [0.05, 0.1) is 12.7 Å². The van der Waals surface area contributed by atoms with E-state index in [1.54, 1.807) is 11.8 Å². The van der Waals surface area contributed by atoms with Crippen molar-refractivity contribution in [2.75, 3.05) is 12.4 Å². The van der Waals surface area contributed by atoms with Crippen LogP contribution in [0.4, 0.5) is 0 Å². The average molecular weight is 227 g/mol. The molecule has 0 fully saturated rings. The Kier molecular flexibility index (Phi) is 5.11. The molecule has 1 atom stereocenters. The van der Waals surface area contributed by atoms with Gasteiger partial charge in [-0.1, -0.05) is 12.1 Å². The van der Waals surface area contributed by atoms with Gasteiger partial charge in [0.25, 0.3) is 0 Å². The van der Waals surface area contributed by atoms with Gasteiger partial charge in [0.2, 0.25) is 0 Å². The van der Waals surface area contributed by atoms with Crippen LogP contribution in [0.2, 0.25) is 0 Å². The van der Waals surface area contributed by atoms with Crippen molar-refractivity contribution in [3.05, 3.63) is 29.3 Å². The summed E-state index contributed by atoms with van der Waals surface area (Å²) in [7, 11) is 0. The van der Waals surface area contributed by atoms with Crippen LogP contribution in [0.1, 0.15) is 11.1 Å². The van der Waals surface area contributed by atoms with Gasteiger partial charge in [-0.15, -0.1) is 11.8 Å². The van der Waals surface area contributed by atoms with Crippen molar-refractivity contribution in [1.29, 1.82) is 0 Å². The highest BCUT2D eigenvalue weighted by atomic mass is 32.2. The number of thioether (sulfide) groups is 1. The Morgan fingerprint density at radius 3 is 2.73 bits per heavy atom. The molecule has 0 radical (unpaired) electrons. The lowest BCUT2D eigenvalue weighted by atomic mass is 10.1. The van der Waals surface area contributed by atoms with Gasteiger partial charge in [-0.2, -0.15) is 0 Å². The van der Waals surface area contributed by atoms with Crippen LogP contribution in [-0.2, 0) is 6.54 Å². The van der Waals surface area contributed by atoms with Crippen LogP contribution in [0.5, 0.6) is 0 Å². The first-order chi connectivity index (χ1) is 7.17. The van der Waals surface area contributed by atoms with Crippen LogP contribution < -0.4 is 5.73 Å². The number of nitrogens with two attached hydrogens (primary N) is 1. The summed E-state index contributed by atoms with van der Waals surface area (Å²) in [6, 6.07) is 6.04. The molecule has 1 rings (SSSR count). The zero-order valence-electron chi connectivity index (χ0n) is 8.81. The molecule has 4 N–H and O–H groups in total. The van der Waals surface area contributed by atoms with Gasteiger partial charge in [-0.25, -0.2) is 0 Å². The summed E-state index contributed by atoms with van der Waals surface area (Å²) >= 11 is 1.55. The highest BCUT2D eigenvalue weighted by molar-refractivity contribution is 7.99. The van der Waals surface area contributed by atoms with Gasteiger partial charge in [0.1, 0.15) is 0 Å². The summed E-state index contributed by atoms with van der Waals surface area (Å²) in [6.45, 7) is 2.38. The molecular weight excluding hydrogens is 210 g/mol. The summed E-state index contributed by atoms with van der Waals surface area (Å²) in [4.78, 5) is 1.12. The van der Waals surface area contributed by atoms with Gasteiger partial charge in [-0.05, 0) is 24.1 Å². The van der Waals surface area contributed by atoms with Crippen molar-refractivity contribution < 1.29 is 10.2 Å². The lowest BCUT2D eigenvalue weighted by Crippen LogP contribution is -2.14. The van der Waals surface area contributed by atoms with E-state index in [9.17, 15) is 5.11 Å². The smallest absolute Gasteiger partial charge is 0.0864 e. The fraction of sp³-hybridized carbons (Fsp3) is 0.455. The van der Waals surface area contributed by atoms with E-state index in [2.05, 4.69) is 0 Å². The third-order valence-electron chi connectivity index (χ3n) is 2.12. The van der Waals surface area contributed by atoms with Gasteiger partial charge in [0, 0.05) is 17.2 Å². The summed E-state index contributed by atoms with van der Waals surface area (Å²) in [5, 5.41) is 17.9. The fourth-order valence-electron chi connectivity index (χ4n) is 1.24. The predicted octanol–water partition coefficient (Wildman–Crippen LogP) is 0.899. The number of aryl methyl sites for hydroxylation is 1. The Labute approximate surface area is 94.3 Å². The zero-order valence-corrected chi connectivity index (χ0v) is 9.63. The van der Waals surface area contributed by atoms with Crippen molar-refractivity contribution in [3.63, 3.8) is 0 Å². The number of hydrogen-bond donors (Lipinski definition) is 3. The van der Waals surface area contributed by atoms with Gasteiger partial charge in [0.15, 0.2) is 0 Å². The topological polar surface area (TPSA) is 66.5 Å². The van der Waals surface area contributed by atoms with Crippen molar-refractivity contribution in [2.24, 2.45) is 5.73 Å². The molecule has 1 unspecified atom stereocenters. The minimum absolute atomic E-state index is 0.188. The van der Waals surface area contributed by atoms with Crippen LogP contribution in [-0.4, -0.2) is 28.7 Å². The van der Waals surface area contributed by atoms with E-state index in [4.69, 9.17) is 10.8 Å². The Hall–Kier alpha value is -0.550. The second kappa shape index (κ2) is 6.12. The highest BCUT2D eigenvalue weighted by Crippen LogP contribution is 2.23. The fourth-order valence-corrected chi connectivity index (χ4v) is 2.17. The van der Waals surface area contributed by atoms with Crippen molar-refractivity contribution >= 4 is 11.8 Å². The SMILES string of the molecule is Cc1cc(CN)ccc1SCC(O)CO. The molecule has 0 amide bonds. The molecule has 15 heavy (non-hydrogen) atoms. The first-order valence-corrected chi connectivity index (χ1v) is 5.87. The van der Waals surface area contributed by atoms with E-state index in [0.29, 0.717) is 12.3 Å². The van der Waals surface area contributed by atoms with Crippen LogP contribution in [0, 0.1) is 6.92 Å². The highest BCUT2D eigenvalue weighted by Gasteiger charge is 2.05. The van der Waals surface area contributed by atoms with Crippen LogP contribution in [0.3, 0.4) is 0 Å². The number of benzene rings is 1. The predicted molar refractivity (Wildman–Crippen MR) is 62.9 cm³/mol. The molecule has 0 aromatic heterocycles. The van der Waals surface area contributed by atoms with E-state index in [-0.39, 0.29) is 6.61 Å². The third kappa shape index (κ3) is 3.83. The summed E-state index contributed by atoms with van der Waals surface area (Å²) in [5.41, 5.74) is 7.80. The summed E-state index contributed by atoms with van der Waals surface area (Å²) in [6.07, 6.45) is -0.649. The number of aliphatic hydroxyl groups is 2. The standard InChI is InChI=1S/C11H17NO2S/c1-8-4-9(5-12)2-3-11(8)15-7-10(14)6-13/h2-4,10,13-14H,5-7,12H2,1H3. The molecule has 0 spiro atoms. The van der Waals surface area contributed by atoms with Crippen molar-refractivity contribution in [3.8, 4) is 0 Å². The quantitative estimate of drug-likeness (QED) is 0.654. The molecule has 0 heterocycles. The van der Waals surface area contributed by atoms with Crippen LogP contribution in [0.15, 0.2) is 23.1 Å². The summed E-state index contributed by atoms with van der Waals surface area (Å²) < 4.78 is 0. The second-order valence-electron chi connectivity index (χ2n) is 3.45. The zero-order chi connectivity index (χ0) is 11.3. The Balaban J connectivity index is 2.62. The van der Waals surface area contributed by atoms with E-state index in [0.717, 1.165) is 16.0 Å². The second-order valence-corrected chi connectivity index (χ2v) is 4.51. The molecule has 1 aromatic carbocycles. The lowest BCUT2D eigenvalue weighted by molar-refractivity contribution is 0.113. The maximum Gasteiger partial charge on any atom is 0.0864 e. The normalized spacial score (nSPS) is 12.8. The molecule has 0 saturated carbocycles. The Bertz CT molecular complexity index is 317. The van der Waals surface area contributed by atoms with Gasteiger partial charge in [-0.3, -0.25) is 0 Å². The molecule has 0 aliphatic rings. The minimum atomic E-state index is -0.649. The molecule has 0 saturated heterocycles. The minimum Gasteiger partial charge on any atom is -0.394 e. The monoisotopic (exact) mass is 227 g/mol. The van der Waals surface area contributed by atoms with Crippen molar-refractivity contribution in [1.82, 2.24) is 0 Å². The average Bonchev–Trinajstić information content (AvgIpc) is 2.26. The first kappa shape index (κ1) is 12.5. The van der Waals surface area contributed by atoms with Gasteiger partial charge >= 0.3 is 0 Å². The molecule has 0 aliphatic carbocycles. The summed E-state index contributed by atoms with van der Waals surface area (Å²) in [5.74, 6) is 0.513. The number of rotatable bonds is 5. The molecule has 1 aromatic rings. The molecule has 0 aliphatic heterocycles. The molecule has 3 nitrogen and oxygen atoms in total. The van der Waals surface area contributed by atoms with Crippen LogP contribution in [0.25, 0.3) is 0 Å². The molecule has 84 valence electrons. The third-order valence-corrected chi connectivity index (χ3v) is 3.44. The van der Waals surface area contributed by atoms with E-state index in [1.807, 2.05) is 25.1 Å².